The lowest BCUT2D eigenvalue weighted by Gasteiger charge is -2.20. The first kappa shape index (κ1) is 11.6. The van der Waals surface area contributed by atoms with Crippen LogP contribution >= 0.6 is 0 Å². The number of aromatic nitrogens is 1. The van der Waals surface area contributed by atoms with Gasteiger partial charge in [-0.15, -0.1) is 0 Å². The van der Waals surface area contributed by atoms with Gasteiger partial charge in [0.05, 0.1) is 6.20 Å². The van der Waals surface area contributed by atoms with Crippen molar-refractivity contribution in [3.63, 3.8) is 0 Å². The van der Waals surface area contributed by atoms with E-state index < -0.39 is 0 Å². The van der Waals surface area contributed by atoms with E-state index in [2.05, 4.69) is 10.3 Å². The molecule has 1 aromatic heterocycles. The zero-order chi connectivity index (χ0) is 11.4. The Bertz CT molecular complexity index is 316. The van der Waals surface area contributed by atoms with Crippen molar-refractivity contribution in [2.45, 2.75) is 38.6 Å². The zero-order valence-electron chi connectivity index (χ0n) is 9.91. The van der Waals surface area contributed by atoms with Gasteiger partial charge in [-0.1, -0.05) is 0 Å². The monoisotopic (exact) mass is 223 g/mol. The summed E-state index contributed by atoms with van der Waals surface area (Å²) in [7, 11) is 0. The van der Waals surface area contributed by atoms with Gasteiger partial charge in [0.1, 0.15) is 5.76 Å². The third-order valence-electron chi connectivity index (χ3n) is 3.05. The fourth-order valence-corrected chi connectivity index (χ4v) is 2.19. The van der Waals surface area contributed by atoms with Crippen molar-refractivity contribution in [1.29, 1.82) is 0 Å². The fourth-order valence-electron chi connectivity index (χ4n) is 2.19. The van der Waals surface area contributed by atoms with E-state index in [1.165, 1.54) is 12.8 Å². The van der Waals surface area contributed by atoms with E-state index in [0.29, 0.717) is 0 Å². The van der Waals surface area contributed by atoms with Gasteiger partial charge in [0, 0.05) is 18.9 Å². The second-order valence-corrected chi connectivity index (χ2v) is 4.80. The second-order valence-electron chi connectivity index (χ2n) is 4.80. The van der Waals surface area contributed by atoms with Crippen LogP contribution in [0.15, 0.2) is 10.6 Å². The lowest BCUT2D eigenvalue weighted by Crippen LogP contribution is -2.28. The zero-order valence-corrected chi connectivity index (χ0v) is 9.91. The van der Waals surface area contributed by atoms with E-state index in [1.54, 1.807) is 0 Å². The van der Waals surface area contributed by atoms with Gasteiger partial charge in [0.25, 0.3) is 0 Å². The quantitative estimate of drug-likeness (QED) is 0.802. The van der Waals surface area contributed by atoms with Crippen molar-refractivity contribution in [3.05, 3.63) is 17.8 Å². The molecule has 1 atom stereocenters. The highest BCUT2D eigenvalue weighted by molar-refractivity contribution is 4.97. The Hall–Kier alpha value is -0.870. The summed E-state index contributed by atoms with van der Waals surface area (Å²) in [5.74, 6) is 2.52. The number of nitrogens with two attached hydrogens (primary N) is 1. The molecule has 1 aromatic rings. The van der Waals surface area contributed by atoms with E-state index in [4.69, 9.17) is 10.2 Å². The minimum absolute atomic E-state index is 0.139. The Morgan fingerprint density at radius 2 is 2.31 bits per heavy atom. The highest BCUT2D eigenvalue weighted by Crippen LogP contribution is 2.18. The Labute approximate surface area is 96.6 Å². The molecule has 0 bridgehead atoms. The second kappa shape index (κ2) is 5.46. The Morgan fingerprint density at radius 3 is 3.00 bits per heavy atom. The largest absolute Gasteiger partial charge is 0.446 e. The Kier molecular flexibility index (Phi) is 3.96. The number of nitrogens with zero attached hydrogens (tertiary/aromatic N) is 1. The summed E-state index contributed by atoms with van der Waals surface area (Å²) in [5.41, 5.74) is 5.72. The highest BCUT2D eigenvalue weighted by Gasteiger charge is 2.16. The summed E-state index contributed by atoms with van der Waals surface area (Å²) in [6, 6.07) is 0.139. The molecule has 4 nitrogen and oxygen atoms in total. The summed E-state index contributed by atoms with van der Waals surface area (Å²) < 4.78 is 5.69. The van der Waals surface area contributed by atoms with Crippen LogP contribution in [0, 0.1) is 5.92 Å². The number of nitrogens with one attached hydrogen (secondary N) is 1. The minimum Gasteiger partial charge on any atom is -0.446 e. The summed E-state index contributed by atoms with van der Waals surface area (Å²) in [4.78, 5) is 4.32. The Morgan fingerprint density at radius 1 is 1.56 bits per heavy atom. The summed E-state index contributed by atoms with van der Waals surface area (Å²) in [6.07, 6.45) is 6.02. The summed E-state index contributed by atoms with van der Waals surface area (Å²) in [6.45, 7) is 4.23. The van der Waals surface area contributed by atoms with E-state index in [9.17, 15) is 0 Å². The third-order valence-corrected chi connectivity index (χ3v) is 3.05. The molecule has 1 aliphatic heterocycles. The van der Waals surface area contributed by atoms with Crippen molar-refractivity contribution < 1.29 is 4.42 Å². The van der Waals surface area contributed by atoms with Gasteiger partial charge in [0.2, 0.25) is 0 Å². The lowest BCUT2D eigenvalue weighted by molar-refractivity contribution is 0.335. The first-order valence-corrected chi connectivity index (χ1v) is 6.14. The normalized spacial score (nSPS) is 19.9. The molecule has 0 spiro atoms. The van der Waals surface area contributed by atoms with Crippen LogP contribution < -0.4 is 11.1 Å². The predicted octanol–water partition coefficient (Wildman–Crippen LogP) is 1.11. The van der Waals surface area contributed by atoms with Gasteiger partial charge in [-0.3, -0.25) is 0 Å². The van der Waals surface area contributed by atoms with E-state index >= 15 is 0 Å². The SMILES string of the molecule is CC(N)Cc1cnc(CC2CCNCC2)o1. The van der Waals surface area contributed by atoms with Crippen LogP contribution in [0.4, 0.5) is 0 Å². The molecule has 1 aliphatic rings. The molecule has 0 saturated carbocycles. The number of oxazole rings is 1. The maximum atomic E-state index is 5.72. The van der Waals surface area contributed by atoms with Gasteiger partial charge >= 0.3 is 0 Å². The van der Waals surface area contributed by atoms with Gasteiger partial charge in [-0.25, -0.2) is 4.98 Å². The maximum Gasteiger partial charge on any atom is 0.194 e. The first-order valence-electron chi connectivity index (χ1n) is 6.14. The summed E-state index contributed by atoms with van der Waals surface area (Å²) >= 11 is 0. The van der Waals surface area contributed by atoms with Crippen LogP contribution in [-0.4, -0.2) is 24.1 Å². The molecule has 1 saturated heterocycles. The Balaban J connectivity index is 1.86. The fraction of sp³-hybridized carbons (Fsp3) is 0.750. The molecule has 2 heterocycles. The average Bonchev–Trinajstić information content (AvgIpc) is 2.66. The predicted molar refractivity (Wildman–Crippen MR) is 63.2 cm³/mol. The molecule has 16 heavy (non-hydrogen) atoms. The number of piperidine rings is 1. The maximum absolute atomic E-state index is 5.72. The van der Waals surface area contributed by atoms with Crippen LogP contribution in [0.3, 0.4) is 0 Å². The van der Waals surface area contributed by atoms with Crippen LogP contribution in [0.2, 0.25) is 0 Å². The number of hydrogen-bond acceptors (Lipinski definition) is 4. The first-order chi connectivity index (χ1) is 7.74. The number of rotatable bonds is 4. The molecule has 0 aliphatic carbocycles. The standard InChI is InChI=1S/C12H21N3O/c1-9(13)6-11-8-15-12(16-11)7-10-2-4-14-5-3-10/h8-10,14H,2-7,13H2,1H3. The van der Waals surface area contributed by atoms with Crippen molar-refractivity contribution in [3.8, 4) is 0 Å². The molecule has 3 N–H and O–H groups in total. The number of hydrogen-bond donors (Lipinski definition) is 2. The van der Waals surface area contributed by atoms with Crippen molar-refractivity contribution in [2.75, 3.05) is 13.1 Å². The van der Waals surface area contributed by atoms with E-state index in [-0.39, 0.29) is 6.04 Å². The molecule has 1 fully saturated rings. The molecule has 0 aromatic carbocycles. The molecular weight excluding hydrogens is 202 g/mol. The van der Waals surface area contributed by atoms with Gasteiger partial charge in [-0.2, -0.15) is 0 Å². The molecular formula is C12H21N3O. The van der Waals surface area contributed by atoms with Crippen LogP contribution in [0.5, 0.6) is 0 Å². The lowest BCUT2D eigenvalue weighted by atomic mass is 9.95. The van der Waals surface area contributed by atoms with E-state index in [1.807, 2.05) is 13.1 Å². The topological polar surface area (TPSA) is 64.1 Å². The molecule has 90 valence electrons. The smallest absolute Gasteiger partial charge is 0.194 e. The highest BCUT2D eigenvalue weighted by atomic mass is 16.4. The van der Waals surface area contributed by atoms with Gasteiger partial charge in [0.15, 0.2) is 5.89 Å². The molecule has 0 radical (unpaired) electrons. The van der Waals surface area contributed by atoms with Crippen LogP contribution in [0.25, 0.3) is 0 Å². The van der Waals surface area contributed by atoms with Crippen molar-refractivity contribution >= 4 is 0 Å². The summed E-state index contributed by atoms with van der Waals surface area (Å²) in [5, 5.41) is 3.36. The molecule has 0 amide bonds. The minimum atomic E-state index is 0.139. The third kappa shape index (κ3) is 3.32. The van der Waals surface area contributed by atoms with Crippen LogP contribution in [0.1, 0.15) is 31.4 Å². The van der Waals surface area contributed by atoms with Gasteiger partial charge in [-0.05, 0) is 38.8 Å². The average molecular weight is 223 g/mol. The van der Waals surface area contributed by atoms with Crippen LogP contribution in [-0.2, 0) is 12.8 Å². The molecule has 2 rings (SSSR count). The molecule has 1 unspecified atom stereocenters. The van der Waals surface area contributed by atoms with Crippen molar-refractivity contribution in [2.24, 2.45) is 11.7 Å². The van der Waals surface area contributed by atoms with Gasteiger partial charge < -0.3 is 15.5 Å². The van der Waals surface area contributed by atoms with E-state index in [0.717, 1.165) is 43.5 Å². The molecule has 4 heteroatoms. The van der Waals surface area contributed by atoms with Crippen molar-refractivity contribution in [1.82, 2.24) is 10.3 Å².